The van der Waals surface area contributed by atoms with Gasteiger partial charge >= 0.3 is 0 Å². The molecule has 0 aliphatic heterocycles. The van der Waals surface area contributed by atoms with Gasteiger partial charge in [0.25, 0.3) is 0 Å². The summed E-state index contributed by atoms with van der Waals surface area (Å²) in [6, 6.07) is 10.3. The lowest BCUT2D eigenvalue weighted by Crippen LogP contribution is -2.48. The molecule has 1 aliphatic carbocycles. The van der Waals surface area contributed by atoms with Gasteiger partial charge in [0.2, 0.25) is 0 Å². The first-order chi connectivity index (χ1) is 8.57. The van der Waals surface area contributed by atoms with Crippen LogP contribution in [-0.4, -0.2) is 4.75 Å². The number of thioether (sulfide) groups is 1. The van der Waals surface area contributed by atoms with Crippen molar-refractivity contribution in [1.29, 1.82) is 5.26 Å². The van der Waals surface area contributed by atoms with Gasteiger partial charge in [-0.3, -0.25) is 0 Å². The maximum absolute atomic E-state index is 9.49. The summed E-state index contributed by atoms with van der Waals surface area (Å²) < 4.78 is -0.239. The molecule has 1 aliphatic rings. The van der Waals surface area contributed by atoms with Crippen LogP contribution in [0.15, 0.2) is 29.2 Å². The van der Waals surface area contributed by atoms with Crippen LogP contribution in [0.2, 0.25) is 5.02 Å². The number of rotatable bonds is 4. The van der Waals surface area contributed by atoms with Crippen LogP contribution < -0.4 is 0 Å². The van der Waals surface area contributed by atoms with E-state index in [0.717, 1.165) is 22.8 Å². The quantitative estimate of drug-likeness (QED) is 0.747. The van der Waals surface area contributed by atoms with E-state index in [9.17, 15) is 5.26 Å². The van der Waals surface area contributed by atoms with Gasteiger partial charge in [-0.2, -0.15) is 5.26 Å². The highest BCUT2D eigenvalue weighted by molar-refractivity contribution is 8.01. The van der Waals surface area contributed by atoms with E-state index in [4.69, 9.17) is 11.6 Å². The summed E-state index contributed by atoms with van der Waals surface area (Å²) >= 11 is 7.67. The van der Waals surface area contributed by atoms with Crippen LogP contribution in [0.4, 0.5) is 0 Å². The number of hydrogen-bond donors (Lipinski definition) is 0. The Morgan fingerprint density at radius 2 is 2.00 bits per heavy atom. The highest BCUT2D eigenvalue weighted by Crippen LogP contribution is 2.60. The molecule has 3 heteroatoms. The third-order valence-electron chi connectivity index (χ3n) is 4.13. The van der Waals surface area contributed by atoms with Crippen LogP contribution >= 0.6 is 23.4 Å². The second-order valence-electron chi connectivity index (χ2n) is 5.23. The maximum Gasteiger partial charge on any atom is 0.108 e. The van der Waals surface area contributed by atoms with Gasteiger partial charge in [0, 0.05) is 9.92 Å². The fourth-order valence-corrected chi connectivity index (χ4v) is 4.68. The van der Waals surface area contributed by atoms with E-state index in [2.05, 4.69) is 19.9 Å². The van der Waals surface area contributed by atoms with Crippen LogP contribution in [-0.2, 0) is 0 Å². The molecule has 0 spiro atoms. The summed E-state index contributed by atoms with van der Waals surface area (Å²) in [5.41, 5.74) is 0.390. The topological polar surface area (TPSA) is 23.8 Å². The lowest BCUT2D eigenvalue weighted by Gasteiger charge is -2.52. The summed E-state index contributed by atoms with van der Waals surface area (Å²) in [5.74, 6) is 0. The molecular weight excluding hydrogens is 262 g/mol. The van der Waals surface area contributed by atoms with Crippen molar-refractivity contribution in [1.82, 2.24) is 0 Å². The smallest absolute Gasteiger partial charge is 0.108 e. The Hall–Kier alpha value is -0.650. The highest BCUT2D eigenvalue weighted by Gasteiger charge is 2.53. The van der Waals surface area contributed by atoms with Gasteiger partial charge in [0.1, 0.15) is 4.75 Å². The lowest BCUT2D eigenvalue weighted by molar-refractivity contribution is 0.0984. The average molecular weight is 280 g/mol. The van der Waals surface area contributed by atoms with Gasteiger partial charge in [-0.1, -0.05) is 44.4 Å². The Morgan fingerprint density at radius 1 is 1.33 bits per heavy atom. The van der Waals surface area contributed by atoms with Crippen LogP contribution in [0.25, 0.3) is 0 Å². The zero-order valence-corrected chi connectivity index (χ0v) is 12.4. The molecule has 1 saturated carbocycles. The van der Waals surface area contributed by atoms with E-state index >= 15 is 0 Å². The Labute approximate surface area is 119 Å². The van der Waals surface area contributed by atoms with E-state index in [1.807, 2.05) is 24.3 Å². The molecule has 0 heterocycles. The lowest BCUT2D eigenvalue weighted by atomic mass is 9.59. The largest absolute Gasteiger partial charge is 0.197 e. The molecule has 1 fully saturated rings. The first-order valence-corrected chi connectivity index (χ1v) is 7.62. The molecule has 0 radical (unpaired) electrons. The number of hydrogen-bond acceptors (Lipinski definition) is 2. The number of nitrogens with zero attached hydrogens (tertiary/aromatic N) is 1. The minimum absolute atomic E-state index is 0.239. The Balaban J connectivity index is 2.11. The van der Waals surface area contributed by atoms with E-state index in [-0.39, 0.29) is 4.75 Å². The molecular formula is C15H18ClNS. The third-order valence-corrected chi connectivity index (χ3v) is 5.63. The van der Waals surface area contributed by atoms with E-state index < -0.39 is 0 Å². The van der Waals surface area contributed by atoms with Gasteiger partial charge in [-0.15, -0.1) is 11.8 Å². The number of benzene rings is 1. The molecule has 96 valence electrons. The first-order valence-electron chi connectivity index (χ1n) is 6.43. The van der Waals surface area contributed by atoms with E-state index in [1.54, 1.807) is 11.8 Å². The summed E-state index contributed by atoms with van der Waals surface area (Å²) in [7, 11) is 0. The second-order valence-corrected chi connectivity index (χ2v) is 7.12. The van der Waals surface area contributed by atoms with Crippen molar-refractivity contribution in [2.24, 2.45) is 5.41 Å². The van der Waals surface area contributed by atoms with Crippen LogP contribution in [0, 0.1) is 16.7 Å². The van der Waals surface area contributed by atoms with Crippen LogP contribution in [0.3, 0.4) is 0 Å². The Kier molecular flexibility index (Phi) is 3.94. The average Bonchev–Trinajstić information content (AvgIpc) is 2.33. The predicted molar refractivity (Wildman–Crippen MR) is 77.9 cm³/mol. The minimum Gasteiger partial charge on any atom is -0.197 e. The maximum atomic E-state index is 9.49. The predicted octanol–water partition coefficient (Wildman–Crippen LogP) is 5.29. The van der Waals surface area contributed by atoms with E-state index in [1.165, 1.54) is 12.8 Å². The number of halogens is 1. The summed E-state index contributed by atoms with van der Waals surface area (Å²) in [6.07, 6.45) is 4.34. The molecule has 0 aromatic heterocycles. The van der Waals surface area contributed by atoms with Crippen molar-refractivity contribution in [2.75, 3.05) is 0 Å². The molecule has 18 heavy (non-hydrogen) atoms. The van der Waals surface area contributed by atoms with Crippen molar-refractivity contribution in [3.8, 4) is 6.07 Å². The van der Waals surface area contributed by atoms with Crippen molar-refractivity contribution < 1.29 is 0 Å². The zero-order chi connectivity index (χ0) is 13.2. The zero-order valence-electron chi connectivity index (χ0n) is 10.9. The number of nitriles is 1. The minimum atomic E-state index is -0.239. The molecule has 0 saturated heterocycles. The molecule has 0 N–H and O–H groups in total. The Bertz CT molecular complexity index is 466. The summed E-state index contributed by atoms with van der Waals surface area (Å²) in [5, 5.41) is 10.2. The molecule has 0 atom stereocenters. The molecule has 0 amide bonds. The first kappa shape index (κ1) is 13.8. The third kappa shape index (κ3) is 2.53. The van der Waals surface area contributed by atoms with Crippen molar-refractivity contribution in [3.63, 3.8) is 0 Å². The second kappa shape index (κ2) is 5.15. The van der Waals surface area contributed by atoms with Crippen molar-refractivity contribution in [2.45, 2.75) is 49.2 Å². The molecule has 1 aromatic rings. The van der Waals surface area contributed by atoms with Crippen LogP contribution in [0.1, 0.15) is 39.5 Å². The highest BCUT2D eigenvalue weighted by atomic mass is 35.5. The Morgan fingerprint density at radius 3 is 2.50 bits per heavy atom. The van der Waals surface area contributed by atoms with Gasteiger partial charge in [-0.05, 0) is 36.5 Å². The van der Waals surface area contributed by atoms with Crippen LogP contribution in [0.5, 0.6) is 0 Å². The SMILES string of the molecule is CCC1(CC)CC(C#N)(Sc2cccc(Cl)c2)C1. The fraction of sp³-hybridized carbons (Fsp3) is 0.533. The van der Waals surface area contributed by atoms with Crippen molar-refractivity contribution >= 4 is 23.4 Å². The summed E-state index contributed by atoms with van der Waals surface area (Å²) in [6.45, 7) is 4.46. The van der Waals surface area contributed by atoms with E-state index in [0.29, 0.717) is 5.41 Å². The fourth-order valence-electron chi connectivity index (χ4n) is 2.84. The monoisotopic (exact) mass is 279 g/mol. The molecule has 0 bridgehead atoms. The molecule has 1 aromatic carbocycles. The normalized spacial score (nSPS) is 19.9. The molecule has 0 unspecified atom stereocenters. The van der Waals surface area contributed by atoms with Gasteiger partial charge < -0.3 is 0 Å². The van der Waals surface area contributed by atoms with Gasteiger partial charge in [-0.25, -0.2) is 0 Å². The van der Waals surface area contributed by atoms with Gasteiger partial charge in [0.05, 0.1) is 6.07 Å². The molecule has 2 rings (SSSR count). The standard InChI is InChI=1S/C15H18ClNS/c1-3-14(4-2)9-15(10-14,11-17)18-13-7-5-6-12(16)8-13/h5-8H,3-4,9-10H2,1-2H3. The molecule has 1 nitrogen and oxygen atoms in total. The summed E-state index contributed by atoms with van der Waals surface area (Å²) in [4.78, 5) is 1.10. The van der Waals surface area contributed by atoms with Gasteiger partial charge in [0.15, 0.2) is 0 Å². The van der Waals surface area contributed by atoms with Crippen molar-refractivity contribution in [3.05, 3.63) is 29.3 Å².